The third-order valence-corrected chi connectivity index (χ3v) is 8.55. The van der Waals surface area contributed by atoms with Crippen LogP contribution in [0, 0.1) is 13.8 Å². The summed E-state index contributed by atoms with van der Waals surface area (Å²) in [4.78, 5) is 19.1. The highest BCUT2D eigenvalue weighted by molar-refractivity contribution is 5.83. The molecule has 7 nitrogen and oxygen atoms in total. The number of hydrogen-bond donors (Lipinski definition) is 1. The molecular formula is C28H40N6O. The van der Waals surface area contributed by atoms with Crippen LogP contribution in [0.15, 0.2) is 23.0 Å². The normalized spacial score (nSPS) is 19.0. The molecular weight excluding hydrogens is 436 g/mol. The van der Waals surface area contributed by atoms with E-state index in [0.29, 0.717) is 18.6 Å². The number of fused-ring (bicyclic) bond motifs is 1. The SMILES string of the molecule is CCC(c1nnnn1C1CCCCC1)N(Cc1cc2ccc(C)c(C)c2[nH]c1=O)C1CCCCC1. The van der Waals surface area contributed by atoms with E-state index in [2.05, 4.69) is 69.1 Å². The molecule has 35 heavy (non-hydrogen) atoms. The van der Waals surface area contributed by atoms with E-state index in [-0.39, 0.29) is 11.6 Å². The predicted octanol–water partition coefficient (Wildman–Crippen LogP) is 5.92. The van der Waals surface area contributed by atoms with E-state index in [1.807, 2.05) is 0 Å². The van der Waals surface area contributed by atoms with Gasteiger partial charge in [0.05, 0.1) is 17.6 Å². The molecule has 0 bridgehead atoms. The molecule has 2 saturated carbocycles. The van der Waals surface area contributed by atoms with Crippen LogP contribution in [0.25, 0.3) is 10.9 Å². The van der Waals surface area contributed by atoms with Crippen LogP contribution in [-0.4, -0.2) is 36.1 Å². The highest BCUT2D eigenvalue weighted by atomic mass is 16.1. The maximum absolute atomic E-state index is 13.3. The first-order chi connectivity index (χ1) is 17.1. The van der Waals surface area contributed by atoms with Gasteiger partial charge in [0.25, 0.3) is 5.56 Å². The van der Waals surface area contributed by atoms with E-state index in [9.17, 15) is 4.79 Å². The van der Waals surface area contributed by atoms with Crippen LogP contribution in [0.5, 0.6) is 0 Å². The van der Waals surface area contributed by atoms with Crippen LogP contribution in [0.3, 0.4) is 0 Å². The number of hydrogen-bond acceptors (Lipinski definition) is 5. The molecule has 0 saturated heterocycles. The third-order valence-electron chi connectivity index (χ3n) is 8.55. The summed E-state index contributed by atoms with van der Waals surface area (Å²) in [6.45, 7) is 7.03. The lowest BCUT2D eigenvalue weighted by molar-refractivity contribution is 0.0821. The lowest BCUT2D eigenvalue weighted by Crippen LogP contribution is -2.41. The minimum Gasteiger partial charge on any atom is -0.321 e. The summed E-state index contributed by atoms with van der Waals surface area (Å²) in [6.07, 6.45) is 13.2. The van der Waals surface area contributed by atoms with Crippen molar-refractivity contribution in [1.29, 1.82) is 0 Å². The number of nitrogens with zero attached hydrogens (tertiary/aromatic N) is 5. The molecule has 0 amide bonds. The number of H-pyrrole nitrogens is 1. The molecule has 5 rings (SSSR count). The summed E-state index contributed by atoms with van der Waals surface area (Å²) >= 11 is 0. The van der Waals surface area contributed by atoms with Gasteiger partial charge in [-0.25, -0.2) is 4.68 Å². The first-order valence-electron chi connectivity index (χ1n) is 13.7. The summed E-state index contributed by atoms with van der Waals surface area (Å²) in [5.74, 6) is 0.980. The number of pyridine rings is 1. The van der Waals surface area contributed by atoms with E-state index in [4.69, 9.17) is 0 Å². The van der Waals surface area contributed by atoms with E-state index < -0.39 is 0 Å². The summed E-state index contributed by atoms with van der Waals surface area (Å²) < 4.78 is 2.12. The van der Waals surface area contributed by atoms with E-state index >= 15 is 0 Å². The van der Waals surface area contributed by atoms with Crippen LogP contribution < -0.4 is 5.56 Å². The van der Waals surface area contributed by atoms with Crippen molar-refractivity contribution in [2.75, 3.05) is 0 Å². The summed E-state index contributed by atoms with van der Waals surface area (Å²) in [7, 11) is 0. The Labute approximate surface area is 208 Å². The number of nitrogens with one attached hydrogen (secondary N) is 1. The molecule has 2 aliphatic rings. The van der Waals surface area contributed by atoms with Crippen LogP contribution >= 0.6 is 0 Å². The van der Waals surface area contributed by atoms with E-state index in [1.54, 1.807) is 0 Å². The highest BCUT2D eigenvalue weighted by Gasteiger charge is 2.33. The fourth-order valence-electron chi connectivity index (χ4n) is 6.36. The molecule has 188 valence electrons. The second-order valence-corrected chi connectivity index (χ2v) is 10.8. The van der Waals surface area contributed by atoms with E-state index in [0.717, 1.165) is 47.1 Å². The predicted molar refractivity (Wildman–Crippen MR) is 139 cm³/mol. The molecule has 3 aromatic rings. The number of aromatic amines is 1. The first-order valence-corrected chi connectivity index (χ1v) is 13.7. The lowest BCUT2D eigenvalue weighted by atomic mass is 9.91. The topological polar surface area (TPSA) is 79.7 Å². The zero-order chi connectivity index (χ0) is 24.4. The van der Waals surface area contributed by atoms with Crippen molar-refractivity contribution in [3.8, 4) is 0 Å². The van der Waals surface area contributed by atoms with Crippen molar-refractivity contribution >= 4 is 10.9 Å². The Balaban J connectivity index is 1.52. The first kappa shape index (κ1) is 24.2. The van der Waals surface area contributed by atoms with Gasteiger partial charge in [0.2, 0.25) is 0 Å². The second kappa shape index (κ2) is 10.6. The van der Waals surface area contributed by atoms with Gasteiger partial charge in [-0.2, -0.15) is 0 Å². The zero-order valence-corrected chi connectivity index (χ0v) is 21.6. The fraction of sp³-hybridized carbons (Fsp3) is 0.643. The summed E-state index contributed by atoms with van der Waals surface area (Å²) in [6, 6.07) is 7.32. The van der Waals surface area contributed by atoms with Gasteiger partial charge in [0, 0.05) is 18.2 Å². The lowest BCUT2D eigenvalue weighted by Gasteiger charge is -2.39. The van der Waals surface area contributed by atoms with Crippen LogP contribution in [0.1, 0.15) is 112 Å². The van der Waals surface area contributed by atoms with Crippen molar-refractivity contribution in [1.82, 2.24) is 30.1 Å². The molecule has 2 aliphatic carbocycles. The molecule has 1 aromatic carbocycles. The Morgan fingerprint density at radius 1 is 1.06 bits per heavy atom. The minimum atomic E-state index is 0.0220. The Hall–Kier alpha value is -2.54. The van der Waals surface area contributed by atoms with Crippen molar-refractivity contribution in [2.45, 2.75) is 116 Å². The largest absolute Gasteiger partial charge is 0.321 e. The zero-order valence-electron chi connectivity index (χ0n) is 21.6. The number of aromatic nitrogens is 5. The van der Waals surface area contributed by atoms with Gasteiger partial charge in [0.1, 0.15) is 0 Å². The smallest absolute Gasteiger partial charge is 0.252 e. The molecule has 2 aromatic heterocycles. The molecule has 1 unspecified atom stereocenters. The monoisotopic (exact) mass is 476 g/mol. The van der Waals surface area contributed by atoms with Gasteiger partial charge in [-0.1, -0.05) is 57.6 Å². The highest BCUT2D eigenvalue weighted by Crippen LogP contribution is 2.35. The summed E-state index contributed by atoms with van der Waals surface area (Å²) in [5.41, 5.74) is 4.16. The van der Waals surface area contributed by atoms with Crippen molar-refractivity contribution in [3.05, 3.63) is 51.1 Å². The van der Waals surface area contributed by atoms with Crippen molar-refractivity contribution in [2.24, 2.45) is 0 Å². The number of rotatable bonds is 7. The van der Waals surface area contributed by atoms with Gasteiger partial charge >= 0.3 is 0 Å². The molecule has 0 radical (unpaired) electrons. The molecule has 7 heteroatoms. The van der Waals surface area contributed by atoms with Crippen molar-refractivity contribution < 1.29 is 0 Å². The second-order valence-electron chi connectivity index (χ2n) is 10.8. The fourth-order valence-corrected chi connectivity index (χ4v) is 6.36. The Kier molecular flexibility index (Phi) is 7.32. The van der Waals surface area contributed by atoms with Crippen LogP contribution in [0.4, 0.5) is 0 Å². The molecule has 0 aliphatic heterocycles. The van der Waals surface area contributed by atoms with Gasteiger partial charge in [-0.15, -0.1) is 5.10 Å². The number of benzene rings is 1. The van der Waals surface area contributed by atoms with Gasteiger partial charge in [0.15, 0.2) is 5.82 Å². The molecule has 0 spiro atoms. The molecule has 2 heterocycles. The van der Waals surface area contributed by atoms with Crippen LogP contribution in [0.2, 0.25) is 0 Å². The summed E-state index contributed by atoms with van der Waals surface area (Å²) in [5, 5.41) is 14.3. The van der Waals surface area contributed by atoms with Gasteiger partial charge < -0.3 is 4.98 Å². The van der Waals surface area contributed by atoms with E-state index in [1.165, 1.54) is 56.9 Å². The average Bonchev–Trinajstić information content (AvgIpc) is 3.38. The molecule has 1 atom stereocenters. The Bertz CT molecular complexity index is 1200. The van der Waals surface area contributed by atoms with Gasteiger partial charge in [-0.3, -0.25) is 9.69 Å². The number of aryl methyl sites for hydroxylation is 2. The minimum absolute atomic E-state index is 0.0220. The maximum Gasteiger partial charge on any atom is 0.252 e. The number of tetrazole rings is 1. The quantitative estimate of drug-likeness (QED) is 0.458. The van der Waals surface area contributed by atoms with Crippen LogP contribution in [-0.2, 0) is 6.54 Å². The molecule has 1 N–H and O–H groups in total. The Morgan fingerprint density at radius 2 is 1.77 bits per heavy atom. The average molecular weight is 477 g/mol. The maximum atomic E-state index is 13.3. The van der Waals surface area contributed by atoms with Crippen molar-refractivity contribution in [3.63, 3.8) is 0 Å². The standard InChI is InChI=1S/C28H40N6O/c1-4-25(27-30-31-32-34(27)24-13-9-6-10-14-24)33(23-11-7-5-8-12-23)18-22-17-21-16-15-19(2)20(3)26(21)29-28(22)35/h15-17,23-25H,4-14,18H2,1-3H3,(H,29,35). The third kappa shape index (κ3) is 4.92. The molecule has 2 fully saturated rings. The Morgan fingerprint density at radius 3 is 2.49 bits per heavy atom. The van der Waals surface area contributed by atoms with Gasteiger partial charge in [-0.05, 0) is 79.0 Å².